The Kier molecular flexibility index (Phi) is 8.57. The molecule has 1 rings (SSSR count). The highest BCUT2D eigenvalue weighted by molar-refractivity contribution is 4.80. The highest BCUT2D eigenvalue weighted by atomic mass is 16.5. The van der Waals surface area contributed by atoms with Crippen molar-refractivity contribution in [3.8, 4) is 0 Å². The Bertz CT molecular complexity index is 227. The SMILES string of the molecule is COCC(C)OCC(O)CN1CCCC1CCCO. The first-order valence-electron chi connectivity index (χ1n) is 7.30. The van der Waals surface area contributed by atoms with Crippen LogP contribution in [0.5, 0.6) is 0 Å². The molecule has 0 aromatic rings. The molecule has 3 atom stereocenters. The zero-order valence-corrected chi connectivity index (χ0v) is 12.3. The molecule has 0 bridgehead atoms. The third-order valence-corrected chi connectivity index (χ3v) is 3.61. The second kappa shape index (κ2) is 9.66. The molecule has 114 valence electrons. The van der Waals surface area contributed by atoms with Crippen molar-refractivity contribution in [3.63, 3.8) is 0 Å². The van der Waals surface area contributed by atoms with Crippen LogP contribution in [0.25, 0.3) is 0 Å². The summed E-state index contributed by atoms with van der Waals surface area (Å²) in [6, 6.07) is 0.512. The second-order valence-electron chi connectivity index (χ2n) is 5.41. The van der Waals surface area contributed by atoms with Gasteiger partial charge in [-0.25, -0.2) is 0 Å². The van der Waals surface area contributed by atoms with Crippen molar-refractivity contribution < 1.29 is 19.7 Å². The van der Waals surface area contributed by atoms with Crippen molar-refractivity contribution in [3.05, 3.63) is 0 Å². The number of methoxy groups -OCH3 is 1. The molecule has 0 radical (unpaired) electrons. The van der Waals surface area contributed by atoms with Gasteiger partial charge in [-0.2, -0.15) is 0 Å². The van der Waals surface area contributed by atoms with Crippen molar-refractivity contribution >= 4 is 0 Å². The summed E-state index contributed by atoms with van der Waals surface area (Å²) in [5.41, 5.74) is 0. The molecule has 1 saturated heterocycles. The molecule has 0 amide bonds. The van der Waals surface area contributed by atoms with E-state index in [0.717, 1.165) is 19.4 Å². The summed E-state index contributed by atoms with van der Waals surface area (Å²) in [5, 5.41) is 18.9. The highest BCUT2D eigenvalue weighted by Crippen LogP contribution is 2.21. The lowest BCUT2D eigenvalue weighted by Crippen LogP contribution is -2.39. The van der Waals surface area contributed by atoms with Gasteiger partial charge in [0.1, 0.15) is 0 Å². The number of likely N-dealkylation sites (tertiary alicyclic amines) is 1. The Morgan fingerprint density at radius 1 is 1.37 bits per heavy atom. The maximum Gasteiger partial charge on any atom is 0.0900 e. The van der Waals surface area contributed by atoms with Crippen LogP contribution in [0.4, 0.5) is 0 Å². The van der Waals surface area contributed by atoms with Crippen LogP contribution in [0, 0.1) is 0 Å². The molecule has 2 N–H and O–H groups in total. The van der Waals surface area contributed by atoms with E-state index in [-0.39, 0.29) is 12.7 Å². The summed E-state index contributed by atoms with van der Waals surface area (Å²) in [7, 11) is 1.65. The molecular weight excluding hydrogens is 246 g/mol. The predicted molar refractivity (Wildman–Crippen MR) is 74.2 cm³/mol. The van der Waals surface area contributed by atoms with Gasteiger partial charge in [-0.15, -0.1) is 0 Å². The highest BCUT2D eigenvalue weighted by Gasteiger charge is 2.25. The standard InChI is InChI=1S/C14H29NO4/c1-12(10-18-2)19-11-14(17)9-15-7-3-5-13(15)6-4-8-16/h12-14,16-17H,3-11H2,1-2H3. The fraction of sp³-hybridized carbons (Fsp3) is 1.00. The van der Waals surface area contributed by atoms with Gasteiger partial charge in [0.2, 0.25) is 0 Å². The van der Waals surface area contributed by atoms with Crippen molar-refractivity contribution in [2.75, 3.05) is 40.0 Å². The van der Waals surface area contributed by atoms with Gasteiger partial charge >= 0.3 is 0 Å². The molecular formula is C14H29NO4. The van der Waals surface area contributed by atoms with Gasteiger partial charge in [0.25, 0.3) is 0 Å². The predicted octanol–water partition coefficient (Wildman–Crippen LogP) is 0.636. The zero-order chi connectivity index (χ0) is 14.1. The van der Waals surface area contributed by atoms with Crippen LogP contribution in [0.15, 0.2) is 0 Å². The van der Waals surface area contributed by atoms with Crippen molar-refractivity contribution in [2.24, 2.45) is 0 Å². The van der Waals surface area contributed by atoms with Crippen LogP contribution in [-0.4, -0.2) is 73.4 Å². The molecule has 0 aromatic carbocycles. The van der Waals surface area contributed by atoms with Crippen LogP contribution in [0.3, 0.4) is 0 Å². The summed E-state index contributed by atoms with van der Waals surface area (Å²) in [6.07, 6.45) is 3.79. The topological polar surface area (TPSA) is 62.2 Å². The maximum absolute atomic E-state index is 10.0. The first kappa shape index (κ1) is 16.9. The van der Waals surface area contributed by atoms with Crippen molar-refractivity contribution in [1.82, 2.24) is 4.90 Å². The summed E-state index contributed by atoms with van der Waals surface area (Å²) < 4.78 is 10.5. The van der Waals surface area contributed by atoms with Gasteiger partial charge in [0.05, 0.1) is 25.4 Å². The number of nitrogens with zero attached hydrogens (tertiary/aromatic N) is 1. The number of rotatable bonds is 10. The Labute approximate surface area is 116 Å². The Morgan fingerprint density at radius 3 is 2.84 bits per heavy atom. The van der Waals surface area contributed by atoms with E-state index in [4.69, 9.17) is 14.6 Å². The average molecular weight is 275 g/mol. The number of β-amino-alcohol motifs (C(OH)–C–C–N with tert-alkyl or cyclic N) is 1. The van der Waals surface area contributed by atoms with Gasteiger partial charge in [0.15, 0.2) is 0 Å². The molecule has 1 heterocycles. The molecule has 1 fully saturated rings. The molecule has 0 spiro atoms. The number of aliphatic hydroxyl groups is 2. The molecule has 1 aliphatic heterocycles. The molecule has 5 heteroatoms. The first-order valence-corrected chi connectivity index (χ1v) is 7.30. The summed E-state index contributed by atoms with van der Waals surface area (Å²) >= 11 is 0. The maximum atomic E-state index is 10.0. The van der Waals surface area contributed by atoms with E-state index in [9.17, 15) is 5.11 Å². The zero-order valence-electron chi connectivity index (χ0n) is 12.3. The third kappa shape index (κ3) is 6.68. The van der Waals surface area contributed by atoms with Gasteiger partial charge in [-0.3, -0.25) is 4.90 Å². The number of aliphatic hydroxyl groups excluding tert-OH is 2. The van der Waals surface area contributed by atoms with Gasteiger partial charge in [-0.1, -0.05) is 0 Å². The third-order valence-electron chi connectivity index (χ3n) is 3.61. The first-order chi connectivity index (χ1) is 9.17. The van der Waals surface area contributed by atoms with Crippen molar-refractivity contribution in [1.29, 1.82) is 0 Å². The molecule has 19 heavy (non-hydrogen) atoms. The summed E-state index contributed by atoms with van der Waals surface area (Å²) in [6.45, 7) is 4.81. The van der Waals surface area contributed by atoms with Gasteiger partial charge in [0, 0.05) is 26.3 Å². The molecule has 3 unspecified atom stereocenters. The Balaban J connectivity index is 2.21. The monoisotopic (exact) mass is 275 g/mol. The average Bonchev–Trinajstić information content (AvgIpc) is 2.81. The van der Waals surface area contributed by atoms with Crippen molar-refractivity contribution in [2.45, 2.75) is 50.9 Å². The molecule has 1 aliphatic rings. The minimum Gasteiger partial charge on any atom is -0.396 e. The fourth-order valence-electron chi connectivity index (χ4n) is 2.67. The Morgan fingerprint density at radius 2 is 2.16 bits per heavy atom. The molecule has 0 aromatic heterocycles. The lowest BCUT2D eigenvalue weighted by Gasteiger charge is -2.27. The van der Waals surface area contributed by atoms with Crippen LogP contribution in [0.1, 0.15) is 32.6 Å². The van der Waals surface area contributed by atoms with Crippen LogP contribution in [-0.2, 0) is 9.47 Å². The lowest BCUT2D eigenvalue weighted by molar-refractivity contribution is -0.0408. The van der Waals surface area contributed by atoms with E-state index in [1.807, 2.05) is 6.92 Å². The largest absolute Gasteiger partial charge is 0.396 e. The Hall–Kier alpha value is -0.200. The second-order valence-corrected chi connectivity index (χ2v) is 5.41. The van der Waals surface area contributed by atoms with E-state index >= 15 is 0 Å². The smallest absolute Gasteiger partial charge is 0.0900 e. The van der Waals surface area contributed by atoms with Crippen LogP contribution >= 0.6 is 0 Å². The van der Waals surface area contributed by atoms with E-state index < -0.39 is 6.10 Å². The van der Waals surface area contributed by atoms with Crippen LogP contribution in [0.2, 0.25) is 0 Å². The lowest BCUT2D eigenvalue weighted by atomic mass is 10.1. The molecule has 5 nitrogen and oxygen atoms in total. The molecule has 0 aliphatic carbocycles. The van der Waals surface area contributed by atoms with Crippen LogP contribution < -0.4 is 0 Å². The van der Waals surface area contributed by atoms with E-state index in [2.05, 4.69) is 4.90 Å². The van der Waals surface area contributed by atoms with E-state index in [1.54, 1.807) is 7.11 Å². The number of hydrogen-bond acceptors (Lipinski definition) is 5. The number of hydrogen-bond donors (Lipinski definition) is 2. The summed E-state index contributed by atoms with van der Waals surface area (Å²) in [5.74, 6) is 0. The normalized spacial score (nSPS) is 23.7. The quantitative estimate of drug-likeness (QED) is 0.612. The number of ether oxygens (including phenoxy) is 2. The van der Waals surface area contributed by atoms with E-state index in [0.29, 0.717) is 25.8 Å². The van der Waals surface area contributed by atoms with Gasteiger partial charge < -0.3 is 19.7 Å². The fourth-order valence-corrected chi connectivity index (χ4v) is 2.67. The van der Waals surface area contributed by atoms with E-state index in [1.165, 1.54) is 12.8 Å². The van der Waals surface area contributed by atoms with Gasteiger partial charge in [-0.05, 0) is 39.2 Å². The summed E-state index contributed by atoms with van der Waals surface area (Å²) in [4.78, 5) is 2.32. The minimum absolute atomic E-state index is 0.0170. The molecule has 0 saturated carbocycles. The minimum atomic E-state index is -0.450.